The van der Waals surface area contributed by atoms with E-state index in [2.05, 4.69) is 4.98 Å². The topological polar surface area (TPSA) is 50.2 Å². The Balaban J connectivity index is 2.39. The lowest BCUT2D eigenvalue weighted by atomic mass is 10.1. The Morgan fingerprint density at radius 1 is 1.25 bits per heavy atom. The smallest absolute Gasteiger partial charge is 0.194 e. The van der Waals surface area contributed by atoms with Crippen molar-refractivity contribution in [3.63, 3.8) is 0 Å². The SMILES string of the molecule is O=C(c1cccnc1)c1ccc(O)c(Cl)c1. The molecule has 0 fully saturated rings. The van der Waals surface area contributed by atoms with Crippen molar-refractivity contribution >= 4 is 17.4 Å². The van der Waals surface area contributed by atoms with Gasteiger partial charge >= 0.3 is 0 Å². The first-order valence-corrected chi connectivity index (χ1v) is 4.99. The average molecular weight is 234 g/mol. The van der Waals surface area contributed by atoms with E-state index in [9.17, 15) is 9.90 Å². The lowest BCUT2D eigenvalue weighted by molar-refractivity contribution is 0.103. The van der Waals surface area contributed by atoms with E-state index in [1.807, 2.05) is 0 Å². The van der Waals surface area contributed by atoms with Crippen LogP contribution in [-0.4, -0.2) is 15.9 Å². The Bertz CT molecular complexity index is 526. The van der Waals surface area contributed by atoms with E-state index >= 15 is 0 Å². The molecule has 0 saturated heterocycles. The molecule has 0 amide bonds. The van der Waals surface area contributed by atoms with Crippen LogP contribution in [0.5, 0.6) is 5.75 Å². The summed E-state index contributed by atoms with van der Waals surface area (Å²) in [4.78, 5) is 15.8. The van der Waals surface area contributed by atoms with Gasteiger partial charge in [0.05, 0.1) is 5.02 Å². The van der Waals surface area contributed by atoms with Gasteiger partial charge in [-0.1, -0.05) is 11.6 Å². The first-order valence-electron chi connectivity index (χ1n) is 4.62. The van der Waals surface area contributed by atoms with Crippen LogP contribution >= 0.6 is 11.6 Å². The summed E-state index contributed by atoms with van der Waals surface area (Å²) in [5.41, 5.74) is 0.917. The highest BCUT2D eigenvalue weighted by atomic mass is 35.5. The summed E-state index contributed by atoms with van der Waals surface area (Å²) >= 11 is 5.73. The Morgan fingerprint density at radius 3 is 2.69 bits per heavy atom. The van der Waals surface area contributed by atoms with Crippen LogP contribution in [0.3, 0.4) is 0 Å². The molecule has 16 heavy (non-hydrogen) atoms. The van der Waals surface area contributed by atoms with Crippen molar-refractivity contribution in [1.82, 2.24) is 4.98 Å². The molecule has 4 heteroatoms. The maximum absolute atomic E-state index is 11.9. The number of rotatable bonds is 2. The number of ketones is 1. The van der Waals surface area contributed by atoms with Crippen LogP contribution < -0.4 is 0 Å². The summed E-state index contributed by atoms with van der Waals surface area (Å²) in [5, 5.41) is 9.40. The largest absolute Gasteiger partial charge is 0.506 e. The molecule has 0 spiro atoms. The van der Waals surface area contributed by atoms with Gasteiger partial charge in [-0.05, 0) is 30.3 Å². The number of aromatic nitrogens is 1. The van der Waals surface area contributed by atoms with E-state index in [1.165, 1.54) is 24.4 Å². The quantitative estimate of drug-likeness (QED) is 0.812. The minimum absolute atomic E-state index is 0.0376. The fraction of sp³-hybridized carbons (Fsp3) is 0. The second-order valence-electron chi connectivity index (χ2n) is 3.24. The van der Waals surface area contributed by atoms with E-state index in [0.717, 1.165) is 0 Å². The van der Waals surface area contributed by atoms with Crippen molar-refractivity contribution in [2.75, 3.05) is 0 Å². The lowest BCUT2D eigenvalue weighted by Gasteiger charge is -2.02. The van der Waals surface area contributed by atoms with Gasteiger partial charge in [0.1, 0.15) is 5.75 Å². The highest BCUT2D eigenvalue weighted by Crippen LogP contribution is 2.24. The van der Waals surface area contributed by atoms with Gasteiger partial charge in [0.25, 0.3) is 0 Å². The Labute approximate surface area is 97.3 Å². The van der Waals surface area contributed by atoms with Crippen molar-refractivity contribution in [3.8, 4) is 5.75 Å². The van der Waals surface area contributed by atoms with Gasteiger partial charge < -0.3 is 5.11 Å². The number of carbonyl (C=O) groups excluding carboxylic acids is 1. The van der Waals surface area contributed by atoms with E-state index < -0.39 is 0 Å². The molecule has 0 bridgehead atoms. The molecule has 0 radical (unpaired) electrons. The molecular formula is C12H8ClNO2. The number of phenols is 1. The van der Waals surface area contributed by atoms with E-state index in [4.69, 9.17) is 11.6 Å². The van der Waals surface area contributed by atoms with Crippen LogP contribution in [0.25, 0.3) is 0 Å². The van der Waals surface area contributed by atoms with Crippen LogP contribution in [-0.2, 0) is 0 Å². The molecule has 1 heterocycles. The molecule has 0 atom stereocenters. The first-order chi connectivity index (χ1) is 7.68. The van der Waals surface area contributed by atoms with Gasteiger partial charge in [-0.25, -0.2) is 0 Å². The molecule has 2 rings (SSSR count). The Morgan fingerprint density at radius 2 is 2.06 bits per heavy atom. The van der Waals surface area contributed by atoms with Gasteiger partial charge in [-0.15, -0.1) is 0 Å². The molecule has 2 aromatic rings. The maximum atomic E-state index is 11.9. The molecule has 1 aromatic carbocycles. The molecule has 1 aromatic heterocycles. The first kappa shape index (κ1) is 10.6. The van der Waals surface area contributed by atoms with Crippen molar-refractivity contribution < 1.29 is 9.90 Å². The van der Waals surface area contributed by atoms with Crippen LogP contribution in [0.2, 0.25) is 5.02 Å². The highest BCUT2D eigenvalue weighted by molar-refractivity contribution is 6.32. The van der Waals surface area contributed by atoms with Gasteiger partial charge in [-0.3, -0.25) is 9.78 Å². The normalized spacial score (nSPS) is 10.1. The van der Waals surface area contributed by atoms with Gasteiger partial charge in [0.2, 0.25) is 0 Å². The third kappa shape index (κ3) is 2.04. The number of nitrogens with zero attached hydrogens (tertiary/aromatic N) is 1. The Hall–Kier alpha value is -1.87. The number of carbonyl (C=O) groups is 1. The summed E-state index contributed by atoms with van der Waals surface area (Å²) in [7, 11) is 0. The fourth-order valence-electron chi connectivity index (χ4n) is 1.31. The average Bonchev–Trinajstić information content (AvgIpc) is 2.33. The number of hydrogen-bond donors (Lipinski definition) is 1. The predicted molar refractivity (Wildman–Crippen MR) is 60.8 cm³/mol. The number of phenolic OH excluding ortho intramolecular Hbond substituents is 1. The minimum Gasteiger partial charge on any atom is -0.506 e. The summed E-state index contributed by atoms with van der Waals surface area (Å²) in [6, 6.07) is 7.72. The maximum Gasteiger partial charge on any atom is 0.194 e. The second kappa shape index (κ2) is 4.33. The molecule has 0 aliphatic heterocycles. The number of halogens is 1. The monoisotopic (exact) mass is 233 g/mol. The molecular weight excluding hydrogens is 226 g/mol. The second-order valence-corrected chi connectivity index (χ2v) is 3.64. The summed E-state index contributed by atoms with van der Waals surface area (Å²) in [5.74, 6) is -0.209. The minimum atomic E-state index is -0.171. The number of pyridine rings is 1. The van der Waals surface area contributed by atoms with Crippen LogP contribution in [0.1, 0.15) is 15.9 Å². The van der Waals surface area contributed by atoms with Gasteiger partial charge in [0.15, 0.2) is 5.78 Å². The molecule has 0 aliphatic rings. The molecule has 1 N–H and O–H groups in total. The van der Waals surface area contributed by atoms with Crippen LogP contribution in [0, 0.1) is 0 Å². The predicted octanol–water partition coefficient (Wildman–Crippen LogP) is 2.67. The van der Waals surface area contributed by atoms with Gasteiger partial charge in [0, 0.05) is 23.5 Å². The molecule has 0 unspecified atom stereocenters. The third-order valence-corrected chi connectivity index (χ3v) is 2.44. The van der Waals surface area contributed by atoms with Crippen molar-refractivity contribution in [1.29, 1.82) is 0 Å². The van der Waals surface area contributed by atoms with Crippen molar-refractivity contribution in [2.24, 2.45) is 0 Å². The van der Waals surface area contributed by atoms with E-state index in [1.54, 1.807) is 18.3 Å². The summed E-state index contributed by atoms with van der Waals surface area (Å²) in [6.45, 7) is 0. The zero-order valence-corrected chi connectivity index (χ0v) is 8.98. The van der Waals surface area contributed by atoms with Crippen molar-refractivity contribution in [2.45, 2.75) is 0 Å². The lowest BCUT2D eigenvalue weighted by Crippen LogP contribution is -2.01. The van der Waals surface area contributed by atoms with Crippen LogP contribution in [0.4, 0.5) is 0 Å². The zero-order chi connectivity index (χ0) is 11.5. The molecule has 3 nitrogen and oxygen atoms in total. The van der Waals surface area contributed by atoms with Crippen molar-refractivity contribution in [3.05, 3.63) is 58.9 Å². The molecule has 80 valence electrons. The van der Waals surface area contributed by atoms with Gasteiger partial charge in [-0.2, -0.15) is 0 Å². The Kier molecular flexibility index (Phi) is 2.88. The standard InChI is InChI=1S/C12H8ClNO2/c13-10-6-8(3-4-11(10)15)12(16)9-2-1-5-14-7-9/h1-7,15H. The summed E-state index contributed by atoms with van der Waals surface area (Å²) in [6.07, 6.45) is 3.09. The zero-order valence-electron chi connectivity index (χ0n) is 8.22. The van der Waals surface area contributed by atoms with E-state index in [-0.39, 0.29) is 16.6 Å². The summed E-state index contributed by atoms with van der Waals surface area (Å²) < 4.78 is 0. The molecule has 0 saturated carbocycles. The highest BCUT2D eigenvalue weighted by Gasteiger charge is 2.10. The number of benzene rings is 1. The fourth-order valence-corrected chi connectivity index (χ4v) is 1.49. The number of hydrogen-bond acceptors (Lipinski definition) is 3. The van der Waals surface area contributed by atoms with E-state index in [0.29, 0.717) is 11.1 Å². The van der Waals surface area contributed by atoms with Crippen LogP contribution in [0.15, 0.2) is 42.7 Å². The third-order valence-electron chi connectivity index (χ3n) is 2.13. The number of aromatic hydroxyl groups is 1. The molecule has 0 aliphatic carbocycles.